The average Bonchev–Trinajstić information content (AvgIpc) is 2.92. The molecular formula is C31H47N5O4. The Balaban J connectivity index is 0.00000441. The molecule has 0 bridgehead atoms. The molecule has 2 aliphatic rings. The molecule has 0 aliphatic carbocycles. The Morgan fingerprint density at radius 2 is 1.68 bits per heavy atom. The fraction of sp³-hybridized carbons (Fsp3) is 0.581. The predicted octanol–water partition coefficient (Wildman–Crippen LogP) is 5.54. The number of ether oxygens (including phenoxy) is 1. The van der Waals surface area contributed by atoms with E-state index in [0.29, 0.717) is 13.0 Å². The van der Waals surface area contributed by atoms with Gasteiger partial charge in [0, 0.05) is 81.8 Å². The lowest BCUT2D eigenvalue weighted by molar-refractivity contribution is -0.385. The van der Waals surface area contributed by atoms with Gasteiger partial charge in [0.2, 0.25) is 5.91 Å². The van der Waals surface area contributed by atoms with E-state index in [9.17, 15) is 14.9 Å². The number of rotatable bonds is 9. The summed E-state index contributed by atoms with van der Waals surface area (Å²) in [7, 11) is 0. The van der Waals surface area contributed by atoms with Gasteiger partial charge in [0.1, 0.15) is 0 Å². The zero-order valence-corrected chi connectivity index (χ0v) is 23.8. The van der Waals surface area contributed by atoms with Gasteiger partial charge in [0.25, 0.3) is 0 Å². The number of nitrogens with one attached hydrogen (secondary N) is 1. The molecular weight excluding hydrogens is 506 g/mol. The van der Waals surface area contributed by atoms with Gasteiger partial charge in [-0.25, -0.2) is 0 Å². The van der Waals surface area contributed by atoms with Crippen molar-refractivity contribution >= 4 is 23.0 Å². The normalized spacial score (nSPS) is 16.8. The monoisotopic (exact) mass is 553 g/mol. The summed E-state index contributed by atoms with van der Waals surface area (Å²) in [4.78, 5) is 30.5. The number of nitro benzene ring substituents is 1. The summed E-state index contributed by atoms with van der Waals surface area (Å²) < 4.78 is 5.46. The van der Waals surface area contributed by atoms with Crippen LogP contribution >= 0.6 is 0 Å². The molecule has 2 fully saturated rings. The van der Waals surface area contributed by atoms with Crippen molar-refractivity contribution in [2.75, 3.05) is 62.6 Å². The predicted molar refractivity (Wildman–Crippen MR) is 163 cm³/mol. The molecule has 9 nitrogen and oxygen atoms in total. The number of nitrogens with zero attached hydrogens (tertiary/aromatic N) is 4. The van der Waals surface area contributed by atoms with Crippen LogP contribution in [0.4, 0.5) is 17.1 Å². The van der Waals surface area contributed by atoms with Gasteiger partial charge in [-0.15, -0.1) is 0 Å². The minimum absolute atomic E-state index is 0. The first-order valence-corrected chi connectivity index (χ1v) is 14.2. The summed E-state index contributed by atoms with van der Waals surface area (Å²) in [6, 6.07) is 14.1. The molecule has 0 unspecified atom stereocenters. The van der Waals surface area contributed by atoms with E-state index in [-0.39, 0.29) is 36.2 Å². The molecule has 2 aliphatic heterocycles. The van der Waals surface area contributed by atoms with E-state index in [2.05, 4.69) is 60.2 Å². The molecule has 0 spiro atoms. The summed E-state index contributed by atoms with van der Waals surface area (Å²) >= 11 is 0. The molecule has 0 aromatic heterocycles. The highest BCUT2D eigenvalue weighted by molar-refractivity contribution is 5.76. The van der Waals surface area contributed by atoms with Gasteiger partial charge in [-0.1, -0.05) is 40.3 Å². The van der Waals surface area contributed by atoms with Crippen molar-refractivity contribution in [3.05, 3.63) is 58.1 Å². The van der Waals surface area contributed by atoms with Crippen molar-refractivity contribution < 1.29 is 14.5 Å². The molecule has 2 aromatic rings. The third kappa shape index (κ3) is 8.10. The third-order valence-corrected chi connectivity index (χ3v) is 7.79. The summed E-state index contributed by atoms with van der Waals surface area (Å²) in [6.07, 6.45) is 2.25. The Morgan fingerprint density at radius 1 is 1.02 bits per heavy atom. The summed E-state index contributed by atoms with van der Waals surface area (Å²) in [6.45, 7) is 15.0. The molecule has 0 atom stereocenters. The highest BCUT2D eigenvalue weighted by Crippen LogP contribution is 2.31. The van der Waals surface area contributed by atoms with Gasteiger partial charge in [0.05, 0.1) is 11.5 Å². The maximum Gasteiger partial charge on any atom is 0.311 e. The molecule has 2 saturated heterocycles. The number of hydrogen-bond donors (Lipinski definition) is 1. The largest absolute Gasteiger partial charge is 0.487 e. The average molecular weight is 554 g/mol. The van der Waals surface area contributed by atoms with Crippen molar-refractivity contribution in [2.24, 2.45) is 0 Å². The lowest BCUT2D eigenvalue weighted by Gasteiger charge is -2.37. The summed E-state index contributed by atoms with van der Waals surface area (Å²) in [5.41, 5.74) is 3.57. The van der Waals surface area contributed by atoms with E-state index in [1.54, 1.807) is 12.1 Å². The zero-order valence-electron chi connectivity index (χ0n) is 23.8. The summed E-state index contributed by atoms with van der Waals surface area (Å²) in [5, 5.41) is 14.7. The maximum absolute atomic E-state index is 12.9. The minimum Gasteiger partial charge on any atom is -0.487 e. The van der Waals surface area contributed by atoms with Crippen molar-refractivity contribution in [3.63, 3.8) is 0 Å². The second-order valence-electron chi connectivity index (χ2n) is 11.5. The first-order valence-electron chi connectivity index (χ1n) is 14.2. The van der Waals surface area contributed by atoms with E-state index < -0.39 is 4.92 Å². The summed E-state index contributed by atoms with van der Waals surface area (Å²) in [5.74, 6) is 0.502. The van der Waals surface area contributed by atoms with Crippen molar-refractivity contribution in [3.8, 4) is 5.75 Å². The Hall–Kier alpha value is -3.33. The van der Waals surface area contributed by atoms with Gasteiger partial charge in [-0.2, -0.15) is 0 Å². The van der Waals surface area contributed by atoms with Gasteiger partial charge in [0.15, 0.2) is 5.75 Å². The second-order valence-corrected chi connectivity index (χ2v) is 11.5. The minimum atomic E-state index is -0.426. The van der Waals surface area contributed by atoms with Crippen LogP contribution in [0.2, 0.25) is 0 Å². The standard InChI is InChI=1S/C30H43N5O4.CH4/c1-5-39-28-22-25(8-11-27(28)35(37)38)31-24-12-16-34(17-13-24)29(36)14-15-32-18-20-33(21-19-32)26-9-6-23(7-10-26)30(2,3)4;/h6-11,22,24,31H,5,12-21H2,1-4H3;1H4. The number of hydrogen-bond acceptors (Lipinski definition) is 7. The third-order valence-electron chi connectivity index (χ3n) is 7.79. The number of nitro groups is 1. The molecule has 1 N–H and O–H groups in total. The molecule has 220 valence electrons. The lowest BCUT2D eigenvalue weighted by Crippen LogP contribution is -2.48. The molecule has 9 heteroatoms. The Kier molecular flexibility index (Phi) is 10.8. The maximum atomic E-state index is 12.9. The van der Waals surface area contributed by atoms with E-state index in [1.807, 2.05) is 11.8 Å². The van der Waals surface area contributed by atoms with Crippen LogP contribution in [-0.4, -0.2) is 79.1 Å². The van der Waals surface area contributed by atoms with E-state index in [4.69, 9.17) is 4.74 Å². The first-order chi connectivity index (χ1) is 18.6. The zero-order chi connectivity index (χ0) is 28.0. The molecule has 4 rings (SSSR count). The number of piperidine rings is 1. The second kappa shape index (κ2) is 13.8. The van der Waals surface area contributed by atoms with Crippen LogP contribution in [0, 0.1) is 10.1 Å². The smallest absolute Gasteiger partial charge is 0.311 e. The number of carbonyl (C=O) groups excluding carboxylic acids is 1. The van der Waals surface area contributed by atoms with Crippen LogP contribution in [0.5, 0.6) is 5.75 Å². The molecule has 1 amide bonds. The highest BCUT2D eigenvalue weighted by atomic mass is 16.6. The first kappa shape index (κ1) is 31.2. The highest BCUT2D eigenvalue weighted by Gasteiger charge is 2.25. The quantitative estimate of drug-likeness (QED) is 0.322. The van der Waals surface area contributed by atoms with Gasteiger partial charge in [-0.05, 0) is 48.9 Å². The van der Waals surface area contributed by atoms with E-state index in [1.165, 1.54) is 17.3 Å². The molecule has 2 aromatic carbocycles. The number of likely N-dealkylation sites (tertiary alicyclic amines) is 1. The van der Waals surface area contributed by atoms with E-state index in [0.717, 1.165) is 64.3 Å². The van der Waals surface area contributed by atoms with Crippen LogP contribution in [0.1, 0.15) is 59.9 Å². The van der Waals surface area contributed by atoms with Crippen LogP contribution in [0.15, 0.2) is 42.5 Å². The number of piperazine rings is 1. The molecule has 2 heterocycles. The number of carbonyl (C=O) groups is 1. The van der Waals surface area contributed by atoms with Crippen LogP contribution in [0.3, 0.4) is 0 Å². The number of anilines is 2. The topological polar surface area (TPSA) is 91.2 Å². The SMILES string of the molecule is C.CCOc1cc(NC2CCN(C(=O)CCN3CCN(c4ccc(C(C)(C)C)cc4)CC3)CC2)ccc1[N+](=O)[O-]. The fourth-order valence-corrected chi connectivity index (χ4v) is 5.35. The van der Waals surface area contributed by atoms with Gasteiger partial charge < -0.3 is 19.9 Å². The Morgan fingerprint density at radius 3 is 2.25 bits per heavy atom. The van der Waals surface area contributed by atoms with Crippen LogP contribution in [0.25, 0.3) is 0 Å². The molecule has 0 radical (unpaired) electrons. The number of benzene rings is 2. The van der Waals surface area contributed by atoms with E-state index >= 15 is 0 Å². The fourth-order valence-electron chi connectivity index (χ4n) is 5.35. The van der Waals surface area contributed by atoms with Crippen LogP contribution in [-0.2, 0) is 10.2 Å². The van der Waals surface area contributed by atoms with Gasteiger partial charge >= 0.3 is 5.69 Å². The van der Waals surface area contributed by atoms with Crippen LogP contribution < -0.4 is 15.0 Å². The van der Waals surface area contributed by atoms with Crippen molar-refractivity contribution in [1.82, 2.24) is 9.80 Å². The van der Waals surface area contributed by atoms with Gasteiger partial charge in [-0.3, -0.25) is 19.8 Å². The molecule has 40 heavy (non-hydrogen) atoms. The Bertz CT molecular complexity index is 1120. The van der Waals surface area contributed by atoms with Crippen molar-refractivity contribution in [2.45, 2.75) is 65.8 Å². The van der Waals surface area contributed by atoms with Crippen molar-refractivity contribution in [1.29, 1.82) is 0 Å². The molecule has 0 saturated carbocycles. The number of amides is 1. The lowest BCUT2D eigenvalue weighted by atomic mass is 9.87. The Labute approximate surface area is 239 Å².